The van der Waals surface area contributed by atoms with Crippen molar-refractivity contribution in [2.45, 2.75) is 32.8 Å². The molecule has 0 amide bonds. The number of hydrogen-bond acceptors (Lipinski definition) is 3. The molecule has 0 aliphatic heterocycles. The molecule has 1 unspecified atom stereocenters. The Kier molecular flexibility index (Phi) is 7.32. The average Bonchev–Trinajstić information content (AvgIpc) is 2.46. The number of guanidine groups is 1. The topological polar surface area (TPSA) is 68.9 Å². The van der Waals surface area contributed by atoms with Gasteiger partial charge in [0.1, 0.15) is 6.10 Å². The van der Waals surface area contributed by atoms with Crippen LogP contribution in [0.4, 0.5) is 0 Å². The smallest absolute Gasteiger partial charge is 0.188 e. The van der Waals surface area contributed by atoms with Crippen molar-refractivity contribution in [1.82, 2.24) is 5.32 Å². The van der Waals surface area contributed by atoms with Crippen LogP contribution < -0.4 is 20.5 Å². The highest BCUT2D eigenvalue weighted by atomic mass is 16.5. The fourth-order valence-electron chi connectivity index (χ4n) is 1.65. The molecule has 3 N–H and O–H groups in total. The van der Waals surface area contributed by atoms with E-state index >= 15 is 0 Å². The van der Waals surface area contributed by atoms with Gasteiger partial charge in [0, 0.05) is 6.54 Å². The van der Waals surface area contributed by atoms with Crippen LogP contribution in [0.15, 0.2) is 29.3 Å². The van der Waals surface area contributed by atoms with E-state index < -0.39 is 0 Å². The third kappa shape index (κ3) is 5.82. The quantitative estimate of drug-likeness (QED) is 0.435. The number of nitrogens with one attached hydrogen (secondary N) is 1. The maximum absolute atomic E-state index is 5.80. The molecule has 1 aromatic rings. The first-order chi connectivity index (χ1) is 9.67. The molecule has 0 aromatic heterocycles. The maximum atomic E-state index is 5.80. The van der Waals surface area contributed by atoms with Crippen LogP contribution in [0.2, 0.25) is 0 Å². The van der Waals surface area contributed by atoms with Crippen molar-refractivity contribution in [2.75, 3.05) is 20.2 Å². The molecule has 0 bridgehead atoms. The molecule has 5 heteroatoms. The fourth-order valence-corrected chi connectivity index (χ4v) is 1.65. The number of benzene rings is 1. The molecular weight excluding hydrogens is 254 g/mol. The summed E-state index contributed by atoms with van der Waals surface area (Å²) < 4.78 is 11.0. The van der Waals surface area contributed by atoms with Gasteiger partial charge in [0.25, 0.3) is 0 Å². The van der Waals surface area contributed by atoms with Gasteiger partial charge in [-0.3, -0.25) is 0 Å². The van der Waals surface area contributed by atoms with E-state index in [9.17, 15) is 0 Å². The lowest BCUT2D eigenvalue weighted by atomic mass is 10.3. The van der Waals surface area contributed by atoms with Crippen molar-refractivity contribution in [1.29, 1.82) is 0 Å². The largest absolute Gasteiger partial charge is 0.493 e. The summed E-state index contributed by atoms with van der Waals surface area (Å²) in [6.07, 6.45) is 2.15. The van der Waals surface area contributed by atoms with Crippen LogP contribution in [0.3, 0.4) is 0 Å². The highest BCUT2D eigenvalue weighted by molar-refractivity contribution is 5.77. The van der Waals surface area contributed by atoms with Crippen molar-refractivity contribution in [3.8, 4) is 11.5 Å². The van der Waals surface area contributed by atoms with Crippen LogP contribution in [-0.4, -0.2) is 32.3 Å². The highest BCUT2D eigenvalue weighted by Gasteiger charge is 2.07. The van der Waals surface area contributed by atoms with Gasteiger partial charge in [0.15, 0.2) is 17.5 Å². The SMILES string of the molecule is CCCCNC(N)=NCC(C)Oc1ccccc1OC. The predicted octanol–water partition coefficient (Wildman–Crippen LogP) is 2.17. The third-order valence-corrected chi connectivity index (χ3v) is 2.75. The summed E-state index contributed by atoms with van der Waals surface area (Å²) in [4.78, 5) is 4.27. The molecular formula is C15H25N3O2. The number of aliphatic imine (C=N–C) groups is 1. The Morgan fingerprint density at radius 1 is 1.35 bits per heavy atom. The molecule has 20 heavy (non-hydrogen) atoms. The Morgan fingerprint density at radius 3 is 2.70 bits per heavy atom. The molecule has 0 saturated carbocycles. The second-order valence-electron chi connectivity index (χ2n) is 4.59. The van der Waals surface area contributed by atoms with Gasteiger partial charge in [0.05, 0.1) is 13.7 Å². The Morgan fingerprint density at radius 2 is 2.05 bits per heavy atom. The van der Waals surface area contributed by atoms with E-state index in [4.69, 9.17) is 15.2 Å². The minimum Gasteiger partial charge on any atom is -0.493 e. The number of nitrogens with zero attached hydrogens (tertiary/aromatic N) is 1. The first-order valence-electron chi connectivity index (χ1n) is 7.00. The van der Waals surface area contributed by atoms with Crippen molar-refractivity contribution < 1.29 is 9.47 Å². The monoisotopic (exact) mass is 279 g/mol. The van der Waals surface area contributed by atoms with Gasteiger partial charge < -0.3 is 20.5 Å². The predicted molar refractivity (Wildman–Crippen MR) is 82.5 cm³/mol. The number of ether oxygens (including phenoxy) is 2. The van der Waals surface area contributed by atoms with Crippen LogP contribution in [0.5, 0.6) is 11.5 Å². The zero-order chi connectivity index (χ0) is 14.8. The zero-order valence-corrected chi connectivity index (χ0v) is 12.6. The number of methoxy groups -OCH3 is 1. The van der Waals surface area contributed by atoms with Gasteiger partial charge in [-0.1, -0.05) is 25.5 Å². The van der Waals surface area contributed by atoms with E-state index in [-0.39, 0.29) is 6.10 Å². The second-order valence-corrected chi connectivity index (χ2v) is 4.59. The normalized spacial score (nSPS) is 12.8. The van der Waals surface area contributed by atoms with Crippen molar-refractivity contribution >= 4 is 5.96 Å². The summed E-state index contributed by atoms with van der Waals surface area (Å²) in [5.41, 5.74) is 5.77. The van der Waals surface area contributed by atoms with Gasteiger partial charge in [-0.2, -0.15) is 0 Å². The number of rotatable bonds is 8. The molecule has 0 saturated heterocycles. The molecule has 0 aliphatic rings. The zero-order valence-electron chi connectivity index (χ0n) is 12.6. The average molecular weight is 279 g/mol. The molecule has 0 aliphatic carbocycles. The van der Waals surface area contributed by atoms with Crippen LogP contribution in [-0.2, 0) is 0 Å². The lowest BCUT2D eigenvalue weighted by Gasteiger charge is -2.15. The Hall–Kier alpha value is -1.91. The van der Waals surface area contributed by atoms with Crippen LogP contribution >= 0.6 is 0 Å². The van der Waals surface area contributed by atoms with E-state index in [0.717, 1.165) is 30.9 Å². The maximum Gasteiger partial charge on any atom is 0.188 e. The molecule has 1 atom stereocenters. The van der Waals surface area contributed by atoms with E-state index in [0.29, 0.717) is 12.5 Å². The van der Waals surface area contributed by atoms with Crippen LogP contribution in [0, 0.1) is 0 Å². The van der Waals surface area contributed by atoms with E-state index in [2.05, 4.69) is 17.2 Å². The van der Waals surface area contributed by atoms with Gasteiger partial charge in [-0.25, -0.2) is 4.99 Å². The lowest BCUT2D eigenvalue weighted by molar-refractivity contribution is 0.219. The summed E-state index contributed by atoms with van der Waals surface area (Å²) in [6.45, 7) is 5.45. The lowest BCUT2D eigenvalue weighted by Crippen LogP contribution is -2.33. The number of unbranched alkanes of at least 4 members (excludes halogenated alkanes) is 1. The molecule has 0 heterocycles. The molecule has 1 aromatic carbocycles. The standard InChI is InChI=1S/C15H25N3O2/c1-4-5-10-17-15(16)18-11-12(2)20-14-9-7-6-8-13(14)19-3/h6-9,12H,4-5,10-11H2,1-3H3,(H3,16,17,18). The van der Waals surface area contributed by atoms with Crippen molar-refractivity contribution in [3.63, 3.8) is 0 Å². The molecule has 0 spiro atoms. The molecule has 1 rings (SSSR count). The summed E-state index contributed by atoms with van der Waals surface area (Å²) in [5.74, 6) is 1.90. The molecule has 0 fully saturated rings. The van der Waals surface area contributed by atoms with Gasteiger partial charge in [-0.15, -0.1) is 0 Å². The van der Waals surface area contributed by atoms with Crippen molar-refractivity contribution in [2.24, 2.45) is 10.7 Å². The van der Waals surface area contributed by atoms with Crippen molar-refractivity contribution in [3.05, 3.63) is 24.3 Å². The Balaban J connectivity index is 2.43. The molecule has 5 nitrogen and oxygen atoms in total. The first-order valence-corrected chi connectivity index (χ1v) is 7.00. The third-order valence-electron chi connectivity index (χ3n) is 2.75. The minimum atomic E-state index is -0.0715. The van der Waals surface area contributed by atoms with Gasteiger partial charge in [-0.05, 0) is 25.5 Å². The first kappa shape index (κ1) is 16.1. The fraction of sp³-hybridized carbons (Fsp3) is 0.533. The van der Waals surface area contributed by atoms with E-state index in [1.54, 1.807) is 7.11 Å². The summed E-state index contributed by atoms with van der Waals surface area (Å²) in [5, 5.41) is 3.07. The van der Waals surface area contributed by atoms with E-state index in [1.807, 2.05) is 31.2 Å². The van der Waals surface area contributed by atoms with Crippen LogP contribution in [0.1, 0.15) is 26.7 Å². The second kappa shape index (κ2) is 9.07. The Bertz CT molecular complexity index is 421. The van der Waals surface area contributed by atoms with E-state index in [1.165, 1.54) is 0 Å². The number of para-hydroxylation sites is 2. The number of nitrogens with two attached hydrogens (primary N) is 1. The van der Waals surface area contributed by atoms with Gasteiger partial charge >= 0.3 is 0 Å². The summed E-state index contributed by atoms with van der Waals surface area (Å²) >= 11 is 0. The summed E-state index contributed by atoms with van der Waals surface area (Å²) in [6, 6.07) is 7.56. The number of hydrogen-bond donors (Lipinski definition) is 2. The van der Waals surface area contributed by atoms with Crippen LogP contribution in [0.25, 0.3) is 0 Å². The van der Waals surface area contributed by atoms with Gasteiger partial charge in [0.2, 0.25) is 0 Å². The molecule has 0 radical (unpaired) electrons. The Labute approximate surface area is 121 Å². The summed E-state index contributed by atoms with van der Waals surface area (Å²) in [7, 11) is 1.63. The highest BCUT2D eigenvalue weighted by Crippen LogP contribution is 2.26. The molecule has 112 valence electrons. The minimum absolute atomic E-state index is 0.0715.